The van der Waals surface area contributed by atoms with Crippen molar-refractivity contribution >= 4 is 17.5 Å². The van der Waals surface area contributed by atoms with E-state index in [9.17, 15) is 4.79 Å². The number of ether oxygens (including phenoxy) is 1. The number of carbonyl (C=O) groups excluding carboxylic acids is 1. The van der Waals surface area contributed by atoms with Crippen LogP contribution >= 0.6 is 11.6 Å². The maximum Gasteiger partial charge on any atom is 0.278 e. The van der Waals surface area contributed by atoms with E-state index in [-0.39, 0.29) is 11.9 Å². The highest BCUT2D eigenvalue weighted by Crippen LogP contribution is 2.22. The van der Waals surface area contributed by atoms with Crippen LogP contribution in [0, 0.1) is 0 Å². The molecule has 0 aliphatic heterocycles. The van der Waals surface area contributed by atoms with Gasteiger partial charge in [-0.25, -0.2) is 0 Å². The summed E-state index contributed by atoms with van der Waals surface area (Å²) in [7, 11) is 3.66. The van der Waals surface area contributed by atoms with Crippen LogP contribution in [0.25, 0.3) is 0 Å². The maximum atomic E-state index is 12.1. The minimum absolute atomic E-state index is 0.0979. The number of halogens is 1. The van der Waals surface area contributed by atoms with Crippen LogP contribution in [0.15, 0.2) is 18.2 Å². The van der Waals surface area contributed by atoms with Crippen molar-refractivity contribution in [1.82, 2.24) is 5.32 Å². The van der Waals surface area contributed by atoms with Crippen LogP contribution < -0.4 is 15.0 Å². The molecule has 0 saturated heterocycles. The molecule has 2 atom stereocenters. The van der Waals surface area contributed by atoms with Crippen molar-refractivity contribution in [2.45, 2.75) is 38.4 Å². The summed E-state index contributed by atoms with van der Waals surface area (Å²) in [5.74, 6) is 0.926. The third-order valence-corrected chi connectivity index (χ3v) is 4.00. The van der Waals surface area contributed by atoms with Crippen molar-refractivity contribution in [2.75, 3.05) is 14.2 Å². The van der Waals surface area contributed by atoms with Crippen LogP contribution in [-0.4, -0.2) is 32.1 Å². The summed E-state index contributed by atoms with van der Waals surface area (Å²) in [6, 6.07) is 5.87. The largest absolute Gasteiger partial charge is 0.496 e. The number of hydrogen-bond donors (Lipinski definition) is 2. The fourth-order valence-corrected chi connectivity index (χ4v) is 2.31. The van der Waals surface area contributed by atoms with Gasteiger partial charge in [-0.3, -0.25) is 4.79 Å². The molecule has 1 aromatic rings. The quantitative estimate of drug-likeness (QED) is 0.824. The molecule has 1 aliphatic carbocycles. The number of rotatable bonds is 6. The highest BCUT2D eigenvalue weighted by atomic mass is 35.5. The molecule has 0 heterocycles. The van der Waals surface area contributed by atoms with E-state index in [0.717, 1.165) is 29.1 Å². The van der Waals surface area contributed by atoms with Crippen LogP contribution in [0.3, 0.4) is 0 Å². The van der Waals surface area contributed by atoms with Crippen molar-refractivity contribution in [3.05, 3.63) is 28.8 Å². The number of likely N-dealkylation sites (N-methyl/N-ethyl adjacent to an activating group) is 1. The lowest BCUT2D eigenvalue weighted by molar-refractivity contribution is -0.908. The first kappa shape index (κ1) is 15.1. The molecule has 5 heteroatoms. The van der Waals surface area contributed by atoms with E-state index >= 15 is 0 Å². The van der Waals surface area contributed by atoms with Crippen LogP contribution in [0.1, 0.15) is 25.3 Å². The smallest absolute Gasteiger partial charge is 0.278 e. The number of carbonyl (C=O) groups is 1. The molecule has 4 nitrogen and oxygen atoms in total. The second-order valence-electron chi connectivity index (χ2n) is 5.48. The van der Waals surface area contributed by atoms with Gasteiger partial charge in [0, 0.05) is 16.6 Å². The van der Waals surface area contributed by atoms with Gasteiger partial charge in [0.05, 0.1) is 14.2 Å². The first-order valence-corrected chi connectivity index (χ1v) is 7.34. The van der Waals surface area contributed by atoms with Crippen molar-refractivity contribution < 1.29 is 14.4 Å². The van der Waals surface area contributed by atoms with Gasteiger partial charge in [-0.15, -0.1) is 0 Å². The molecule has 1 unspecified atom stereocenters. The molecular weight excluding hydrogens is 276 g/mol. The number of hydrogen-bond acceptors (Lipinski definition) is 2. The number of quaternary nitrogens is 1. The van der Waals surface area contributed by atoms with E-state index in [1.807, 2.05) is 32.2 Å². The highest BCUT2D eigenvalue weighted by Gasteiger charge is 2.29. The second kappa shape index (κ2) is 6.46. The average Bonchev–Trinajstić information content (AvgIpc) is 3.22. The van der Waals surface area contributed by atoms with E-state index in [4.69, 9.17) is 16.3 Å². The predicted molar refractivity (Wildman–Crippen MR) is 79.2 cm³/mol. The number of nitrogens with one attached hydrogen (secondary N) is 2. The highest BCUT2D eigenvalue weighted by molar-refractivity contribution is 6.30. The zero-order valence-electron chi connectivity index (χ0n) is 12.2. The first-order chi connectivity index (χ1) is 9.51. The van der Waals surface area contributed by atoms with Crippen LogP contribution in [0.5, 0.6) is 5.75 Å². The monoisotopic (exact) mass is 297 g/mol. The first-order valence-electron chi connectivity index (χ1n) is 6.96. The standard InChI is InChI=1S/C15H21ClN2O2/c1-10(15(19)17-13-5-6-13)18(2)9-11-8-12(16)4-7-14(11)20-3/h4,7-8,10,13H,5-6,9H2,1-3H3,(H,17,19)/p+1/t10-/m0/s1. The zero-order valence-corrected chi connectivity index (χ0v) is 13.0. The summed E-state index contributed by atoms with van der Waals surface area (Å²) in [6.45, 7) is 2.65. The van der Waals surface area contributed by atoms with Gasteiger partial charge in [0.15, 0.2) is 6.04 Å². The van der Waals surface area contributed by atoms with Crippen LogP contribution in [0.2, 0.25) is 5.02 Å². The van der Waals surface area contributed by atoms with E-state index in [1.54, 1.807) is 7.11 Å². The topological polar surface area (TPSA) is 42.8 Å². The van der Waals surface area contributed by atoms with Crippen molar-refractivity contribution in [3.8, 4) is 5.75 Å². The molecule has 0 radical (unpaired) electrons. The molecule has 1 amide bonds. The Bertz CT molecular complexity index is 489. The summed E-state index contributed by atoms with van der Waals surface area (Å²) in [4.78, 5) is 13.2. The van der Waals surface area contributed by atoms with E-state index < -0.39 is 0 Å². The molecular formula is C15H22ClN2O2+. The van der Waals surface area contributed by atoms with Gasteiger partial charge < -0.3 is 15.0 Å². The maximum absolute atomic E-state index is 12.1. The minimum Gasteiger partial charge on any atom is -0.496 e. The van der Waals surface area contributed by atoms with E-state index in [1.165, 1.54) is 0 Å². The fourth-order valence-electron chi connectivity index (χ4n) is 2.12. The van der Waals surface area contributed by atoms with Gasteiger partial charge in [-0.2, -0.15) is 0 Å². The van der Waals surface area contributed by atoms with Crippen LogP contribution in [-0.2, 0) is 11.3 Å². The van der Waals surface area contributed by atoms with E-state index in [2.05, 4.69) is 5.32 Å². The van der Waals surface area contributed by atoms with Gasteiger partial charge >= 0.3 is 0 Å². The lowest BCUT2D eigenvalue weighted by Gasteiger charge is -2.22. The summed E-state index contributed by atoms with van der Waals surface area (Å²) < 4.78 is 5.34. The Hall–Kier alpha value is -1.26. The van der Waals surface area contributed by atoms with Crippen molar-refractivity contribution in [2.24, 2.45) is 0 Å². The normalized spacial score (nSPS) is 17.4. The Morgan fingerprint density at radius 3 is 2.85 bits per heavy atom. The van der Waals surface area contributed by atoms with Crippen molar-refractivity contribution in [1.29, 1.82) is 0 Å². The summed E-state index contributed by atoms with van der Waals surface area (Å²) in [5.41, 5.74) is 1.02. The molecule has 20 heavy (non-hydrogen) atoms. The molecule has 0 aromatic heterocycles. The predicted octanol–water partition coefficient (Wildman–Crippen LogP) is 1.03. The SMILES string of the molecule is COc1ccc(Cl)cc1C[NH+](C)[C@@H](C)C(=O)NC1CC1. The minimum atomic E-state index is -0.0979. The Kier molecular flexibility index (Phi) is 4.89. The summed E-state index contributed by atoms with van der Waals surface area (Å²) in [6.07, 6.45) is 2.22. The van der Waals surface area contributed by atoms with Gasteiger partial charge in [-0.1, -0.05) is 11.6 Å². The molecule has 110 valence electrons. The third-order valence-electron chi connectivity index (χ3n) is 3.77. The Balaban J connectivity index is 2.00. The molecule has 2 N–H and O–H groups in total. The number of amides is 1. The van der Waals surface area contributed by atoms with Gasteiger partial charge in [0.2, 0.25) is 0 Å². The lowest BCUT2D eigenvalue weighted by atomic mass is 10.1. The average molecular weight is 298 g/mol. The number of benzene rings is 1. The molecule has 1 saturated carbocycles. The van der Waals surface area contributed by atoms with Gasteiger partial charge in [-0.05, 0) is 38.0 Å². The second-order valence-corrected chi connectivity index (χ2v) is 5.92. The molecule has 0 bridgehead atoms. The molecule has 0 spiro atoms. The van der Waals surface area contributed by atoms with E-state index in [0.29, 0.717) is 17.6 Å². The summed E-state index contributed by atoms with van der Waals surface area (Å²) in [5, 5.41) is 3.73. The lowest BCUT2D eigenvalue weighted by Crippen LogP contribution is -3.12. The Morgan fingerprint density at radius 2 is 2.25 bits per heavy atom. The molecule has 2 rings (SSSR count). The van der Waals surface area contributed by atoms with Crippen LogP contribution in [0.4, 0.5) is 0 Å². The number of methoxy groups -OCH3 is 1. The summed E-state index contributed by atoms with van der Waals surface area (Å²) >= 11 is 6.03. The van der Waals surface area contributed by atoms with Gasteiger partial charge in [0.25, 0.3) is 5.91 Å². The molecule has 1 aromatic carbocycles. The third kappa shape index (κ3) is 3.87. The molecule has 1 fully saturated rings. The zero-order chi connectivity index (χ0) is 14.7. The Morgan fingerprint density at radius 1 is 1.55 bits per heavy atom. The van der Waals surface area contributed by atoms with Gasteiger partial charge in [0.1, 0.15) is 12.3 Å². The van der Waals surface area contributed by atoms with Crippen molar-refractivity contribution in [3.63, 3.8) is 0 Å². The Labute approximate surface area is 125 Å². The fraction of sp³-hybridized carbons (Fsp3) is 0.533. The molecule has 1 aliphatic rings.